The normalized spacial score (nSPS) is 19.3. The number of hydrogen-bond donors (Lipinski definition) is 2. The first-order valence-corrected chi connectivity index (χ1v) is 9.89. The predicted octanol–water partition coefficient (Wildman–Crippen LogP) is 2.92. The van der Waals surface area contributed by atoms with Crippen LogP contribution in [0.25, 0.3) is 11.1 Å². The highest BCUT2D eigenvalue weighted by Gasteiger charge is 2.48. The highest BCUT2D eigenvalue weighted by atomic mass is 19.1. The molecule has 0 aliphatic carbocycles. The zero-order valence-corrected chi connectivity index (χ0v) is 16.4. The maximum absolute atomic E-state index is 14.9. The third-order valence-electron chi connectivity index (χ3n) is 5.65. The molecule has 9 nitrogen and oxygen atoms in total. The predicted molar refractivity (Wildman–Crippen MR) is 110 cm³/mol. The Morgan fingerprint density at radius 3 is 2.94 bits per heavy atom. The van der Waals surface area contributed by atoms with Gasteiger partial charge in [0, 0.05) is 42.2 Å². The van der Waals surface area contributed by atoms with Gasteiger partial charge in [-0.2, -0.15) is 10.0 Å². The van der Waals surface area contributed by atoms with Gasteiger partial charge in [0.05, 0.1) is 23.6 Å². The second-order valence-electron chi connectivity index (χ2n) is 7.58. The van der Waals surface area contributed by atoms with Crippen molar-refractivity contribution in [3.63, 3.8) is 0 Å². The molecule has 0 saturated carbocycles. The summed E-state index contributed by atoms with van der Waals surface area (Å²) in [4.78, 5) is 28.7. The van der Waals surface area contributed by atoms with Gasteiger partial charge in [0.1, 0.15) is 18.5 Å². The maximum Gasteiger partial charge on any atom is 0.415 e. The Kier molecular flexibility index (Phi) is 4.91. The number of H-pyrrole nitrogens is 1. The number of pyridine rings is 1. The van der Waals surface area contributed by atoms with E-state index < -0.39 is 18.0 Å². The van der Waals surface area contributed by atoms with Crippen molar-refractivity contribution in [2.75, 3.05) is 11.4 Å². The molecule has 2 atom stereocenters. The van der Waals surface area contributed by atoms with Crippen molar-refractivity contribution in [1.29, 1.82) is 0 Å². The van der Waals surface area contributed by atoms with E-state index in [9.17, 15) is 14.1 Å². The molecule has 1 amide bonds. The number of cyclic esters (lactones) is 1. The highest BCUT2D eigenvalue weighted by Crippen LogP contribution is 2.41. The van der Waals surface area contributed by atoms with Crippen molar-refractivity contribution < 1.29 is 13.9 Å². The van der Waals surface area contributed by atoms with E-state index in [2.05, 4.69) is 25.7 Å². The molecule has 3 aromatic rings. The summed E-state index contributed by atoms with van der Waals surface area (Å²) in [7, 11) is 0. The van der Waals surface area contributed by atoms with E-state index in [0.717, 1.165) is 16.8 Å². The fourth-order valence-electron chi connectivity index (χ4n) is 4.14. The summed E-state index contributed by atoms with van der Waals surface area (Å²) in [6.45, 7) is 1.12. The molecule has 158 valence electrons. The summed E-state index contributed by atoms with van der Waals surface area (Å²) >= 11 is 0. The van der Waals surface area contributed by atoms with Crippen LogP contribution in [0.5, 0.6) is 0 Å². The Balaban J connectivity index is 1.33. The zero-order valence-electron chi connectivity index (χ0n) is 16.4. The van der Waals surface area contributed by atoms with Crippen LogP contribution in [0.1, 0.15) is 16.8 Å². The number of carbonyl (C=O) groups is 1. The van der Waals surface area contributed by atoms with E-state index in [0.29, 0.717) is 36.3 Å². The van der Waals surface area contributed by atoms with E-state index in [1.807, 2.05) is 18.3 Å². The molecule has 5 rings (SSSR count). The number of hydrogen-bond acceptors (Lipinski definition) is 7. The van der Waals surface area contributed by atoms with Gasteiger partial charge in [-0.3, -0.25) is 15.0 Å². The third-order valence-corrected chi connectivity index (χ3v) is 5.65. The van der Waals surface area contributed by atoms with Crippen molar-refractivity contribution >= 4 is 11.8 Å². The van der Waals surface area contributed by atoms with Crippen LogP contribution in [0.4, 0.5) is 14.9 Å². The van der Waals surface area contributed by atoms with Crippen LogP contribution in [0.2, 0.25) is 0 Å². The van der Waals surface area contributed by atoms with Crippen LogP contribution in [0.15, 0.2) is 48.0 Å². The molecular formula is C21H19FN6O3. The van der Waals surface area contributed by atoms with Gasteiger partial charge in [-0.05, 0) is 30.2 Å². The van der Waals surface area contributed by atoms with Crippen molar-refractivity contribution in [2.45, 2.75) is 31.7 Å². The average molecular weight is 422 g/mol. The minimum atomic E-state index is -0.612. The number of nitrogens with one attached hydrogen (secondary N) is 2. The third kappa shape index (κ3) is 3.55. The van der Waals surface area contributed by atoms with Crippen molar-refractivity contribution in [3.8, 4) is 11.1 Å². The van der Waals surface area contributed by atoms with E-state index in [1.165, 1.54) is 11.0 Å². The summed E-state index contributed by atoms with van der Waals surface area (Å²) in [5, 5.41) is 12.8. The molecule has 10 heteroatoms. The Morgan fingerprint density at radius 2 is 2.19 bits per heavy atom. The van der Waals surface area contributed by atoms with Crippen LogP contribution >= 0.6 is 0 Å². The number of rotatable bonds is 7. The topological polar surface area (TPSA) is 113 Å². The summed E-state index contributed by atoms with van der Waals surface area (Å²) in [6, 6.07) is 6.44. The number of halogens is 1. The van der Waals surface area contributed by atoms with E-state index in [-0.39, 0.29) is 12.6 Å². The van der Waals surface area contributed by atoms with Crippen molar-refractivity contribution in [1.82, 2.24) is 20.5 Å². The molecule has 1 fully saturated rings. The Labute approximate surface area is 176 Å². The number of aromatic nitrogens is 3. The Morgan fingerprint density at radius 1 is 1.29 bits per heavy atom. The quantitative estimate of drug-likeness (QED) is 0.566. The number of amides is 1. The second-order valence-corrected chi connectivity index (χ2v) is 7.58. The molecule has 2 unspecified atom stereocenters. The maximum atomic E-state index is 14.9. The fourth-order valence-corrected chi connectivity index (χ4v) is 4.14. The molecule has 31 heavy (non-hydrogen) atoms. The van der Waals surface area contributed by atoms with Gasteiger partial charge >= 0.3 is 6.09 Å². The first-order valence-electron chi connectivity index (χ1n) is 9.89. The number of carbonyl (C=O) groups excluding carboxylic acids is 1. The Bertz CT molecular complexity index is 1120. The van der Waals surface area contributed by atoms with Gasteiger partial charge in [-0.15, -0.1) is 0 Å². The smallest absolute Gasteiger partial charge is 0.415 e. The number of ether oxygens (including phenoxy) is 1. The average Bonchev–Trinajstić information content (AvgIpc) is 3.47. The lowest BCUT2D eigenvalue weighted by atomic mass is 10.00. The molecular weight excluding hydrogens is 403 g/mol. The van der Waals surface area contributed by atoms with Crippen LogP contribution in [0.3, 0.4) is 0 Å². The fraction of sp³-hybridized carbons (Fsp3) is 0.286. The molecule has 2 aliphatic rings. The zero-order chi connectivity index (χ0) is 21.4. The number of nitroso groups, excluding NO2 is 1. The van der Waals surface area contributed by atoms with Crippen LogP contribution in [-0.2, 0) is 24.2 Å². The minimum Gasteiger partial charge on any atom is -0.441 e. The van der Waals surface area contributed by atoms with Gasteiger partial charge < -0.3 is 10.1 Å². The molecule has 1 aromatic carbocycles. The number of aromatic amines is 1. The first kappa shape index (κ1) is 19.3. The van der Waals surface area contributed by atoms with E-state index >= 15 is 0 Å². The molecule has 0 radical (unpaired) electrons. The summed E-state index contributed by atoms with van der Waals surface area (Å²) in [5.41, 5.74) is 4.27. The SMILES string of the molecule is O=NCC1OC(=O)N2c3cc(F)c(-c4ccc(CNCc5cn[nH]c5)nc4)cc3CC12. The monoisotopic (exact) mass is 422 g/mol. The molecule has 0 spiro atoms. The van der Waals surface area contributed by atoms with Gasteiger partial charge in [0.25, 0.3) is 0 Å². The lowest BCUT2D eigenvalue weighted by Gasteiger charge is -2.14. The molecule has 2 aliphatic heterocycles. The van der Waals surface area contributed by atoms with Crippen molar-refractivity contribution in [3.05, 3.63) is 70.4 Å². The van der Waals surface area contributed by atoms with Crippen LogP contribution < -0.4 is 10.2 Å². The van der Waals surface area contributed by atoms with E-state index in [4.69, 9.17) is 4.74 Å². The first-order chi connectivity index (χ1) is 15.1. The second kappa shape index (κ2) is 7.88. The number of anilines is 1. The van der Waals surface area contributed by atoms with Crippen molar-refractivity contribution in [2.24, 2.45) is 5.18 Å². The lowest BCUT2D eigenvalue weighted by Crippen LogP contribution is -2.34. The summed E-state index contributed by atoms with van der Waals surface area (Å²) in [6.07, 6.45) is 4.52. The number of fused-ring (bicyclic) bond motifs is 3. The van der Waals surface area contributed by atoms with Crippen LogP contribution in [0, 0.1) is 10.7 Å². The van der Waals surface area contributed by atoms with Gasteiger partial charge in [-0.1, -0.05) is 11.2 Å². The molecule has 2 N–H and O–H groups in total. The van der Waals surface area contributed by atoms with Crippen LogP contribution in [-0.4, -0.2) is 40.0 Å². The standard InChI is InChI=1S/C21H19FN6O3/c22-17-5-18-14(4-19-20(11-27-30)31-21(29)28(18)19)3-16(17)13-1-2-15(24-9-13)10-23-6-12-7-25-26-8-12/h1-3,5,7-9,19-20,23H,4,6,10-11H2,(H,25,26). The highest BCUT2D eigenvalue weighted by molar-refractivity contribution is 5.94. The molecule has 2 aromatic heterocycles. The molecule has 0 bridgehead atoms. The van der Waals surface area contributed by atoms with E-state index in [1.54, 1.807) is 18.5 Å². The number of nitrogens with zero attached hydrogens (tertiary/aromatic N) is 4. The van der Waals surface area contributed by atoms with Gasteiger partial charge in [0.15, 0.2) is 0 Å². The molecule has 4 heterocycles. The van der Waals surface area contributed by atoms with Gasteiger partial charge in [-0.25, -0.2) is 9.18 Å². The minimum absolute atomic E-state index is 0.115. The number of benzene rings is 1. The lowest BCUT2D eigenvalue weighted by molar-refractivity contribution is 0.135. The Hall–Kier alpha value is -3.66. The molecule has 1 saturated heterocycles. The summed E-state index contributed by atoms with van der Waals surface area (Å²) in [5.74, 6) is -0.447. The summed E-state index contributed by atoms with van der Waals surface area (Å²) < 4.78 is 20.1. The largest absolute Gasteiger partial charge is 0.441 e. The van der Waals surface area contributed by atoms with Gasteiger partial charge in [0.2, 0.25) is 0 Å².